The molecule has 6 aliphatic rings. The Morgan fingerprint density at radius 2 is 1.79 bits per heavy atom. The maximum Gasteiger partial charge on any atom is 0.306 e. The van der Waals surface area contributed by atoms with Crippen LogP contribution in [0.2, 0.25) is 0 Å². The number of amides is 2. The van der Waals surface area contributed by atoms with Gasteiger partial charge in [0.15, 0.2) is 5.78 Å². The predicted octanol–water partition coefficient (Wildman–Crippen LogP) is 5.92. The summed E-state index contributed by atoms with van der Waals surface area (Å²) in [5.74, 6) is -0.272. The second-order valence-corrected chi connectivity index (χ2v) is 19.6. The van der Waals surface area contributed by atoms with Crippen LogP contribution in [0.5, 0.6) is 11.6 Å². The van der Waals surface area contributed by atoms with Gasteiger partial charge >= 0.3 is 5.97 Å². The molecule has 1 aromatic carbocycles. The molecule has 4 aliphatic carbocycles. The van der Waals surface area contributed by atoms with E-state index < -0.39 is 44.7 Å². The predicted molar refractivity (Wildman–Crippen MR) is 208 cm³/mol. The van der Waals surface area contributed by atoms with Crippen molar-refractivity contribution in [1.82, 2.24) is 14.6 Å². The number of pyridine rings is 1. The molecule has 0 spiro atoms. The minimum atomic E-state index is -3.84. The first-order chi connectivity index (χ1) is 26.8. The lowest BCUT2D eigenvalue weighted by atomic mass is 9.82. The van der Waals surface area contributed by atoms with Gasteiger partial charge in [-0.25, -0.2) is 13.4 Å². The van der Waals surface area contributed by atoms with E-state index in [-0.39, 0.29) is 67.3 Å². The maximum absolute atomic E-state index is 15.0. The summed E-state index contributed by atoms with van der Waals surface area (Å²) in [6, 6.07) is 6.56. The number of ether oxygens (including phenoxy) is 3. The fourth-order valence-corrected chi connectivity index (χ4v) is 11.2. The van der Waals surface area contributed by atoms with Crippen LogP contribution in [0, 0.1) is 40.9 Å². The van der Waals surface area contributed by atoms with Gasteiger partial charge in [0.1, 0.15) is 18.0 Å². The summed E-state index contributed by atoms with van der Waals surface area (Å²) in [4.78, 5) is 63.1. The summed E-state index contributed by atoms with van der Waals surface area (Å²) in [7, 11) is -3.84. The maximum atomic E-state index is 15.0. The number of Topliss-reactive ketones (excluding diaryl/α,β-unsaturated/α-hetero) is 1. The highest BCUT2D eigenvalue weighted by atomic mass is 32.2. The second kappa shape index (κ2) is 15.4. The zero-order valence-corrected chi connectivity index (χ0v) is 33.5. The van der Waals surface area contributed by atoms with Crippen LogP contribution >= 0.6 is 0 Å². The molecule has 2 amide bonds. The van der Waals surface area contributed by atoms with Crippen molar-refractivity contribution < 1.29 is 41.8 Å². The van der Waals surface area contributed by atoms with Gasteiger partial charge in [0, 0.05) is 24.4 Å². The Hall–Kier alpha value is -4.00. The van der Waals surface area contributed by atoms with Gasteiger partial charge in [0.2, 0.25) is 27.7 Å². The molecule has 13 heteroatoms. The van der Waals surface area contributed by atoms with Gasteiger partial charge in [-0.15, -0.1) is 0 Å². The summed E-state index contributed by atoms with van der Waals surface area (Å²) in [6.45, 7) is 6.68. The van der Waals surface area contributed by atoms with Gasteiger partial charge in [0.05, 0.1) is 42.2 Å². The summed E-state index contributed by atoms with van der Waals surface area (Å²) >= 11 is 0. The average molecular weight is 790 g/mol. The van der Waals surface area contributed by atoms with Crippen LogP contribution < -0.4 is 14.2 Å². The Kier molecular flexibility index (Phi) is 10.7. The SMILES string of the molecule is CCOc1ccc2c(O[C@@H]3C[C@H]4C(=O)C[C@]5(C(=O)NS(=O)(=O)C6CC6)C[C@H]5/C=C\CC[C@@H](C)C[C@@H](C)[C@H](CC(=O)OC5C[C@@H]6C[C@@H]6C5)C(=O)N4C3)nccc2c1. The number of nitrogens with one attached hydrogen (secondary N) is 1. The summed E-state index contributed by atoms with van der Waals surface area (Å²) < 4.78 is 46.4. The number of allylic oxidation sites excluding steroid dienone is 2. The zero-order chi connectivity index (χ0) is 39.4. The number of hydrogen-bond donors (Lipinski definition) is 1. The second-order valence-electron chi connectivity index (χ2n) is 17.7. The summed E-state index contributed by atoms with van der Waals surface area (Å²) in [5, 5.41) is 1.03. The number of esters is 1. The standard InChI is InChI=1S/C43H55N3O9S/c1-4-53-31-9-12-35-27(17-31)13-14-44-40(35)55-33-20-37-38(47)23-43(42(50)45-56(51,52)34-10-11-34)22-30(43)8-6-5-7-25(2)15-26(3)36(41(49)46(37)24-33)21-39(48)54-32-18-28-16-29(28)19-32/h6,8-9,12-14,17,25-26,28-30,32-34,36-37H,4-5,7,10-11,15-16,18-24H2,1-3H3,(H,45,50)/b8-6-/t25-,26-,28-,29+,30-,32?,33-,36+,37+,43-/m1/s1. The molecule has 3 heterocycles. The van der Waals surface area contributed by atoms with Crippen LogP contribution in [0.1, 0.15) is 97.8 Å². The lowest BCUT2D eigenvalue weighted by Gasteiger charge is -2.32. The van der Waals surface area contributed by atoms with Crippen LogP contribution in [0.25, 0.3) is 10.8 Å². The van der Waals surface area contributed by atoms with Gasteiger partial charge in [-0.1, -0.05) is 26.0 Å². The molecule has 5 fully saturated rings. The Morgan fingerprint density at radius 3 is 2.54 bits per heavy atom. The van der Waals surface area contributed by atoms with E-state index in [2.05, 4.69) is 16.6 Å². The quantitative estimate of drug-likeness (QED) is 0.227. The molecule has 56 heavy (non-hydrogen) atoms. The Labute approximate surface area is 329 Å². The number of nitrogens with zero attached hydrogens (tertiary/aromatic N) is 2. The molecule has 4 saturated carbocycles. The molecule has 302 valence electrons. The number of hydrogen-bond acceptors (Lipinski definition) is 10. The normalized spacial score (nSPS) is 35.0. The fourth-order valence-electron chi connectivity index (χ4n) is 9.79. The largest absolute Gasteiger partial charge is 0.494 e. The van der Waals surface area contributed by atoms with Crippen molar-refractivity contribution in [3.05, 3.63) is 42.6 Å². The molecule has 1 aromatic heterocycles. The number of carbonyl (C=O) groups is 4. The van der Waals surface area contributed by atoms with E-state index in [1.54, 1.807) is 11.1 Å². The van der Waals surface area contributed by atoms with Crippen LogP contribution in [-0.2, 0) is 33.9 Å². The topological polar surface area (TPSA) is 158 Å². The van der Waals surface area contributed by atoms with Crippen molar-refractivity contribution in [3.8, 4) is 11.6 Å². The summed E-state index contributed by atoms with van der Waals surface area (Å²) in [6.07, 6.45) is 11.4. The molecule has 0 bridgehead atoms. The Bertz CT molecular complexity index is 2010. The molecular weight excluding hydrogens is 735 g/mol. The van der Waals surface area contributed by atoms with E-state index in [0.717, 1.165) is 36.5 Å². The number of aromatic nitrogens is 1. The van der Waals surface area contributed by atoms with Crippen LogP contribution in [0.4, 0.5) is 0 Å². The van der Waals surface area contributed by atoms with Gasteiger partial charge in [-0.3, -0.25) is 23.9 Å². The molecule has 10 atom stereocenters. The minimum absolute atomic E-state index is 0.0815. The van der Waals surface area contributed by atoms with E-state index in [9.17, 15) is 27.6 Å². The van der Waals surface area contributed by atoms with Gasteiger partial charge in [0.25, 0.3) is 0 Å². The van der Waals surface area contributed by atoms with Gasteiger partial charge in [-0.05, 0) is 124 Å². The lowest BCUT2D eigenvalue weighted by Crippen LogP contribution is -2.47. The monoisotopic (exact) mass is 789 g/mol. The first-order valence-electron chi connectivity index (χ1n) is 20.8. The van der Waals surface area contributed by atoms with Crippen molar-refractivity contribution >= 4 is 44.4 Å². The third-order valence-corrected chi connectivity index (χ3v) is 15.2. The number of fused-ring (bicyclic) bond motifs is 4. The molecule has 1 unspecified atom stereocenters. The molecule has 2 aliphatic heterocycles. The van der Waals surface area contributed by atoms with Crippen molar-refractivity contribution in [2.45, 2.75) is 121 Å². The first kappa shape index (κ1) is 38.9. The van der Waals surface area contributed by atoms with E-state index in [1.165, 1.54) is 6.42 Å². The van der Waals surface area contributed by atoms with Gasteiger partial charge in [-0.2, -0.15) is 0 Å². The van der Waals surface area contributed by atoms with Crippen LogP contribution in [0.15, 0.2) is 42.6 Å². The third-order valence-electron chi connectivity index (χ3n) is 13.3. The Balaban J connectivity index is 1.09. The van der Waals surface area contributed by atoms with Crippen LogP contribution in [0.3, 0.4) is 0 Å². The minimum Gasteiger partial charge on any atom is -0.494 e. The fraction of sp³-hybridized carbons (Fsp3) is 0.651. The van der Waals surface area contributed by atoms with E-state index >= 15 is 0 Å². The molecule has 12 nitrogen and oxygen atoms in total. The smallest absolute Gasteiger partial charge is 0.306 e. The van der Waals surface area contributed by atoms with E-state index in [1.807, 2.05) is 50.3 Å². The molecule has 0 radical (unpaired) electrons. The molecule has 8 rings (SSSR count). The Morgan fingerprint density at radius 1 is 1.00 bits per heavy atom. The van der Waals surface area contributed by atoms with Crippen molar-refractivity contribution in [1.29, 1.82) is 0 Å². The van der Waals surface area contributed by atoms with E-state index in [0.29, 0.717) is 55.8 Å². The first-order valence-corrected chi connectivity index (χ1v) is 22.3. The van der Waals surface area contributed by atoms with Crippen molar-refractivity contribution in [2.75, 3.05) is 13.2 Å². The highest BCUT2D eigenvalue weighted by molar-refractivity contribution is 7.90. The lowest BCUT2D eigenvalue weighted by molar-refractivity contribution is -0.155. The average Bonchev–Trinajstić information content (AvgIpc) is 4.11. The van der Waals surface area contributed by atoms with Crippen molar-refractivity contribution in [2.24, 2.45) is 40.9 Å². The number of rotatable bonds is 10. The number of ketones is 1. The number of sulfonamides is 1. The third kappa shape index (κ3) is 8.20. The highest BCUT2D eigenvalue weighted by Gasteiger charge is 2.62. The molecule has 2 aromatic rings. The summed E-state index contributed by atoms with van der Waals surface area (Å²) in [5.41, 5.74) is -1.23. The molecular formula is C43H55N3O9S. The highest BCUT2D eigenvalue weighted by Crippen LogP contribution is 2.57. The van der Waals surface area contributed by atoms with Crippen molar-refractivity contribution in [3.63, 3.8) is 0 Å². The number of carbonyl (C=O) groups excluding carboxylic acids is 4. The molecule has 1 saturated heterocycles. The van der Waals surface area contributed by atoms with Crippen LogP contribution in [-0.4, -0.2) is 78.5 Å². The zero-order valence-electron chi connectivity index (χ0n) is 32.7. The van der Waals surface area contributed by atoms with Gasteiger partial charge < -0.3 is 19.1 Å². The van der Waals surface area contributed by atoms with E-state index in [4.69, 9.17) is 14.2 Å². The molecule has 1 N–H and O–H groups in total. The number of benzene rings is 1.